The molecule has 1 aromatic carbocycles. The summed E-state index contributed by atoms with van der Waals surface area (Å²) in [5.74, 6) is 0. The Bertz CT molecular complexity index is 785. The number of carbonyl (C=O) groups excluding carboxylic acids is 1. The van der Waals surface area contributed by atoms with Gasteiger partial charge in [-0.1, -0.05) is 51.1 Å². The molecular formula is C26H44N2O3Si. The molecule has 0 N–H and O–H groups in total. The number of piperazine rings is 1. The predicted molar refractivity (Wildman–Crippen MR) is 133 cm³/mol. The van der Waals surface area contributed by atoms with Crippen LogP contribution in [0.25, 0.3) is 0 Å². The summed E-state index contributed by atoms with van der Waals surface area (Å²) in [7, 11) is -1.95. The molecule has 1 aromatic rings. The van der Waals surface area contributed by atoms with Crippen molar-refractivity contribution in [1.82, 2.24) is 9.80 Å². The zero-order valence-electron chi connectivity index (χ0n) is 21.6. The van der Waals surface area contributed by atoms with Gasteiger partial charge in [-0.15, -0.1) is 0 Å². The molecule has 2 bridgehead atoms. The summed E-state index contributed by atoms with van der Waals surface area (Å²) in [6, 6.07) is 11.1. The lowest BCUT2D eigenvalue weighted by Gasteiger charge is -2.51. The summed E-state index contributed by atoms with van der Waals surface area (Å²) in [5.41, 5.74) is 0.818. The first-order chi connectivity index (χ1) is 14.7. The first kappa shape index (κ1) is 25.3. The molecule has 2 heterocycles. The van der Waals surface area contributed by atoms with Crippen molar-refractivity contribution in [2.75, 3.05) is 6.54 Å². The van der Waals surface area contributed by atoms with Crippen molar-refractivity contribution in [3.05, 3.63) is 35.9 Å². The first-order valence-electron chi connectivity index (χ1n) is 12.2. The van der Waals surface area contributed by atoms with Crippen molar-refractivity contribution < 1.29 is 14.0 Å². The molecule has 6 heteroatoms. The molecule has 4 atom stereocenters. The number of hydrogen-bond acceptors (Lipinski definition) is 4. The maximum Gasteiger partial charge on any atom is 0.410 e. The van der Waals surface area contributed by atoms with Crippen LogP contribution in [0.1, 0.15) is 66.9 Å². The highest BCUT2D eigenvalue weighted by molar-refractivity contribution is 6.74. The van der Waals surface area contributed by atoms with Gasteiger partial charge in [0.25, 0.3) is 0 Å². The van der Waals surface area contributed by atoms with Gasteiger partial charge in [-0.25, -0.2) is 4.79 Å². The maximum absolute atomic E-state index is 13.2. The van der Waals surface area contributed by atoms with E-state index in [1.165, 1.54) is 5.56 Å². The average molecular weight is 461 g/mol. The van der Waals surface area contributed by atoms with Crippen LogP contribution in [0.5, 0.6) is 0 Å². The van der Waals surface area contributed by atoms with Gasteiger partial charge in [-0.2, -0.15) is 0 Å². The van der Waals surface area contributed by atoms with Crippen molar-refractivity contribution in [2.45, 2.75) is 116 Å². The molecule has 0 aliphatic carbocycles. The normalized spacial score (nSPS) is 25.7. The Hall–Kier alpha value is -1.37. The number of carbonyl (C=O) groups is 1. The summed E-state index contributed by atoms with van der Waals surface area (Å²) in [6.45, 7) is 21.3. The zero-order valence-corrected chi connectivity index (χ0v) is 22.6. The zero-order chi connectivity index (χ0) is 23.9. The van der Waals surface area contributed by atoms with E-state index in [1.54, 1.807) is 0 Å². The van der Waals surface area contributed by atoms with Gasteiger partial charge in [0, 0.05) is 19.1 Å². The summed E-state index contributed by atoms with van der Waals surface area (Å²) in [4.78, 5) is 17.8. The second-order valence-corrected chi connectivity index (χ2v) is 16.9. The fraction of sp³-hybridized carbons (Fsp3) is 0.731. The number of benzene rings is 1. The van der Waals surface area contributed by atoms with Crippen molar-refractivity contribution in [2.24, 2.45) is 0 Å². The van der Waals surface area contributed by atoms with E-state index in [-0.39, 0.29) is 35.4 Å². The molecule has 1 unspecified atom stereocenters. The van der Waals surface area contributed by atoms with Gasteiger partial charge >= 0.3 is 6.09 Å². The van der Waals surface area contributed by atoms with Gasteiger partial charge in [0.2, 0.25) is 0 Å². The minimum Gasteiger partial charge on any atom is -0.444 e. The first-order valence-corrected chi connectivity index (χ1v) is 15.1. The van der Waals surface area contributed by atoms with E-state index >= 15 is 0 Å². The molecule has 0 aromatic heterocycles. The summed E-state index contributed by atoms with van der Waals surface area (Å²) in [5, 5.41) is 0.142. The fourth-order valence-corrected chi connectivity index (χ4v) is 6.39. The third kappa shape index (κ3) is 5.57. The van der Waals surface area contributed by atoms with Gasteiger partial charge in [0.1, 0.15) is 5.60 Å². The molecule has 0 spiro atoms. The van der Waals surface area contributed by atoms with Crippen molar-refractivity contribution >= 4 is 14.4 Å². The smallest absolute Gasteiger partial charge is 0.410 e. The Labute approximate surface area is 196 Å². The van der Waals surface area contributed by atoms with E-state index in [0.29, 0.717) is 0 Å². The van der Waals surface area contributed by atoms with Crippen LogP contribution in [0.3, 0.4) is 0 Å². The van der Waals surface area contributed by atoms with Crippen LogP contribution >= 0.6 is 0 Å². The Balaban J connectivity index is 1.89. The van der Waals surface area contributed by atoms with Crippen molar-refractivity contribution in [3.8, 4) is 0 Å². The highest BCUT2D eigenvalue weighted by Crippen LogP contribution is 2.42. The average Bonchev–Trinajstić information content (AvgIpc) is 2.94. The Morgan fingerprint density at radius 1 is 1.09 bits per heavy atom. The summed E-state index contributed by atoms with van der Waals surface area (Å²) >= 11 is 0. The van der Waals surface area contributed by atoms with E-state index in [1.807, 2.05) is 25.7 Å². The molecule has 5 nitrogen and oxygen atoms in total. The van der Waals surface area contributed by atoms with Crippen LogP contribution in [0.15, 0.2) is 30.3 Å². The number of ether oxygens (including phenoxy) is 1. The number of likely N-dealkylation sites (tertiary alicyclic amines) is 1. The Kier molecular flexibility index (Phi) is 7.19. The molecular weight excluding hydrogens is 416 g/mol. The van der Waals surface area contributed by atoms with E-state index in [9.17, 15) is 4.79 Å². The van der Waals surface area contributed by atoms with Crippen LogP contribution < -0.4 is 0 Å². The SMILES string of the molecule is CC(O[Si](C)(C)C(C)(C)C)[C@@H]1[C@@H]2CC[C@H](CN1Cc1ccccc1)N2C(=O)OC(C)(C)C. The summed E-state index contributed by atoms with van der Waals surface area (Å²) < 4.78 is 12.7. The van der Waals surface area contributed by atoms with E-state index < -0.39 is 13.9 Å². The number of hydrogen-bond donors (Lipinski definition) is 0. The number of amides is 1. The Morgan fingerprint density at radius 3 is 2.28 bits per heavy atom. The molecule has 2 aliphatic heterocycles. The van der Waals surface area contributed by atoms with Gasteiger partial charge in [-0.05, 0) is 64.2 Å². The summed E-state index contributed by atoms with van der Waals surface area (Å²) in [6.07, 6.45) is 1.89. The lowest BCUT2D eigenvalue weighted by molar-refractivity contribution is -0.0507. The van der Waals surface area contributed by atoms with Crippen molar-refractivity contribution in [3.63, 3.8) is 0 Å². The van der Waals surface area contributed by atoms with E-state index in [2.05, 4.69) is 76.0 Å². The number of rotatable bonds is 5. The molecule has 0 saturated carbocycles. The lowest BCUT2D eigenvalue weighted by atomic mass is 9.97. The lowest BCUT2D eigenvalue weighted by Crippen LogP contribution is -2.65. The molecule has 32 heavy (non-hydrogen) atoms. The van der Waals surface area contributed by atoms with Crippen LogP contribution in [-0.2, 0) is 15.7 Å². The van der Waals surface area contributed by atoms with Crippen LogP contribution in [0, 0.1) is 0 Å². The molecule has 3 rings (SSSR count). The number of nitrogens with zero attached hydrogens (tertiary/aromatic N) is 2. The van der Waals surface area contributed by atoms with E-state index in [4.69, 9.17) is 9.16 Å². The van der Waals surface area contributed by atoms with Gasteiger partial charge in [-0.3, -0.25) is 9.80 Å². The van der Waals surface area contributed by atoms with Crippen LogP contribution in [0.2, 0.25) is 18.1 Å². The van der Waals surface area contributed by atoms with Gasteiger partial charge < -0.3 is 9.16 Å². The van der Waals surface area contributed by atoms with Gasteiger partial charge in [0.05, 0.1) is 18.2 Å². The second kappa shape index (κ2) is 9.11. The minimum atomic E-state index is -1.95. The molecule has 180 valence electrons. The molecule has 2 fully saturated rings. The highest BCUT2D eigenvalue weighted by Gasteiger charge is 2.52. The molecule has 2 aliphatic rings. The Morgan fingerprint density at radius 2 is 1.72 bits per heavy atom. The third-order valence-corrected chi connectivity index (χ3v) is 12.0. The van der Waals surface area contributed by atoms with Crippen LogP contribution in [0.4, 0.5) is 4.79 Å². The minimum absolute atomic E-state index is 0.0357. The maximum atomic E-state index is 13.2. The third-order valence-electron chi connectivity index (χ3n) is 7.41. The molecule has 2 saturated heterocycles. The van der Waals surface area contributed by atoms with E-state index in [0.717, 1.165) is 25.9 Å². The topological polar surface area (TPSA) is 42.0 Å². The number of fused-ring (bicyclic) bond motifs is 2. The quantitative estimate of drug-likeness (QED) is 0.502. The monoisotopic (exact) mass is 460 g/mol. The largest absolute Gasteiger partial charge is 0.444 e. The molecule has 1 amide bonds. The molecule has 0 radical (unpaired) electrons. The fourth-order valence-electron chi connectivity index (χ4n) is 4.97. The standard InChI is InChI=1S/C26H44N2O3Si/c1-19(31-32(8,9)26(5,6)7)23-22-16-15-21(28(22)24(29)30-25(2,3)4)18-27(23)17-20-13-11-10-12-14-20/h10-14,19,21-23H,15-18H2,1-9H3/t19?,21-,22+,23-/m1/s1. The van der Waals surface area contributed by atoms with Crippen molar-refractivity contribution in [1.29, 1.82) is 0 Å². The van der Waals surface area contributed by atoms with Gasteiger partial charge in [0.15, 0.2) is 8.32 Å². The van der Waals surface area contributed by atoms with Crippen LogP contribution in [-0.4, -0.2) is 60.6 Å². The highest BCUT2D eigenvalue weighted by atomic mass is 28.4. The predicted octanol–water partition coefficient (Wildman–Crippen LogP) is 6.05. The second-order valence-electron chi connectivity index (χ2n) is 12.2.